The van der Waals surface area contributed by atoms with Crippen molar-refractivity contribution in [1.82, 2.24) is 9.97 Å². The van der Waals surface area contributed by atoms with Crippen LogP contribution in [0.1, 0.15) is 5.82 Å². The van der Waals surface area contributed by atoms with Crippen LogP contribution in [-0.4, -0.2) is 24.2 Å². The van der Waals surface area contributed by atoms with Crippen LogP contribution in [0.5, 0.6) is 5.75 Å². The van der Waals surface area contributed by atoms with Gasteiger partial charge in [0.25, 0.3) is 0 Å². The molecule has 4 nitrogen and oxygen atoms in total. The van der Waals surface area contributed by atoms with Crippen molar-refractivity contribution < 1.29 is 13.9 Å². The van der Waals surface area contributed by atoms with Crippen LogP contribution < -0.4 is 4.74 Å². The number of methoxy groups -OCH3 is 2. The van der Waals surface area contributed by atoms with Gasteiger partial charge < -0.3 is 14.5 Å². The summed E-state index contributed by atoms with van der Waals surface area (Å²) in [5.74, 6) is 0.291. The molecule has 0 atom stereocenters. The van der Waals surface area contributed by atoms with Gasteiger partial charge in [0.1, 0.15) is 17.1 Å². The molecule has 1 aromatic heterocycles. The van der Waals surface area contributed by atoms with Gasteiger partial charge in [0, 0.05) is 12.7 Å². The van der Waals surface area contributed by atoms with Crippen molar-refractivity contribution >= 4 is 12.2 Å². The Hall–Kier alpha value is -1.79. The molecule has 0 spiro atoms. The highest BCUT2D eigenvalue weighted by Crippen LogP contribution is 2.27. The van der Waals surface area contributed by atoms with Crippen molar-refractivity contribution in [1.29, 1.82) is 0 Å². The second kappa shape index (κ2) is 5.90. The van der Waals surface area contributed by atoms with Gasteiger partial charge in [0.05, 0.1) is 12.8 Å². The molecule has 6 heteroatoms. The van der Waals surface area contributed by atoms with Gasteiger partial charge in [-0.25, -0.2) is 9.37 Å². The van der Waals surface area contributed by atoms with E-state index in [4.69, 9.17) is 21.7 Å². The normalized spacial score (nSPS) is 10.5. The zero-order chi connectivity index (χ0) is 13.8. The fourth-order valence-corrected chi connectivity index (χ4v) is 1.96. The van der Waals surface area contributed by atoms with E-state index in [-0.39, 0.29) is 12.4 Å². The van der Waals surface area contributed by atoms with Crippen molar-refractivity contribution in [2.24, 2.45) is 0 Å². The first kappa shape index (κ1) is 13.6. The molecule has 0 aliphatic carbocycles. The molecule has 2 aromatic rings. The van der Waals surface area contributed by atoms with Crippen molar-refractivity contribution in [3.63, 3.8) is 0 Å². The molecule has 2 rings (SSSR count). The Labute approximate surface area is 115 Å². The molecule has 1 N–H and O–H groups in total. The van der Waals surface area contributed by atoms with E-state index in [1.54, 1.807) is 31.4 Å². The number of halogens is 1. The van der Waals surface area contributed by atoms with Gasteiger partial charge in [0.15, 0.2) is 11.6 Å². The van der Waals surface area contributed by atoms with E-state index in [0.717, 1.165) is 0 Å². The largest absolute Gasteiger partial charge is 0.494 e. The van der Waals surface area contributed by atoms with Crippen LogP contribution in [0.15, 0.2) is 24.3 Å². The molecule has 19 heavy (non-hydrogen) atoms. The average Bonchev–Trinajstić information content (AvgIpc) is 2.38. The predicted molar refractivity (Wildman–Crippen MR) is 72.1 cm³/mol. The van der Waals surface area contributed by atoms with Crippen molar-refractivity contribution in [3.05, 3.63) is 40.5 Å². The van der Waals surface area contributed by atoms with Gasteiger partial charge in [0.2, 0.25) is 0 Å². The third-order valence-electron chi connectivity index (χ3n) is 2.55. The number of benzene rings is 1. The van der Waals surface area contributed by atoms with Crippen LogP contribution in [0.3, 0.4) is 0 Å². The molecule has 100 valence electrons. The van der Waals surface area contributed by atoms with E-state index in [1.807, 2.05) is 0 Å². The first-order chi connectivity index (χ1) is 9.15. The minimum Gasteiger partial charge on any atom is -0.494 e. The van der Waals surface area contributed by atoms with Crippen LogP contribution in [0.2, 0.25) is 0 Å². The fourth-order valence-electron chi connectivity index (χ4n) is 1.73. The smallest absolute Gasteiger partial charge is 0.174 e. The molecule has 0 fully saturated rings. The number of H-pyrrole nitrogens is 1. The maximum absolute atomic E-state index is 14.2. The lowest BCUT2D eigenvalue weighted by Gasteiger charge is -2.09. The Bertz CT molecular complexity index is 643. The minimum absolute atomic E-state index is 0.182. The molecule has 0 saturated carbocycles. The summed E-state index contributed by atoms with van der Waals surface area (Å²) in [6, 6.07) is 6.52. The number of hydrogen-bond acceptors (Lipinski definition) is 4. The molecular weight excluding hydrogens is 267 g/mol. The highest BCUT2D eigenvalue weighted by molar-refractivity contribution is 7.71. The zero-order valence-electron chi connectivity index (χ0n) is 10.6. The van der Waals surface area contributed by atoms with E-state index in [0.29, 0.717) is 21.7 Å². The van der Waals surface area contributed by atoms with E-state index in [9.17, 15) is 4.39 Å². The molecule has 0 aliphatic rings. The molecular formula is C13H13FN2O2S. The highest BCUT2D eigenvalue weighted by atomic mass is 32.1. The first-order valence-electron chi connectivity index (χ1n) is 5.57. The van der Waals surface area contributed by atoms with E-state index in [1.165, 1.54) is 7.11 Å². The summed E-state index contributed by atoms with van der Waals surface area (Å²) in [6.45, 7) is 0.281. The van der Waals surface area contributed by atoms with Crippen molar-refractivity contribution in [3.8, 4) is 17.0 Å². The van der Waals surface area contributed by atoms with Crippen molar-refractivity contribution in [2.45, 2.75) is 6.61 Å². The quantitative estimate of drug-likeness (QED) is 0.874. The van der Waals surface area contributed by atoms with Gasteiger partial charge in [-0.05, 0) is 18.2 Å². The van der Waals surface area contributed by atoms with Crippen molar-refractivity contribution in [2.75, 3.05) is 14.2 Å². The number of ether oxygens (including phenoxy) is 2. The van der Waals surface area contributed by atoms with E-state index < -0.39 is 5.82 Å². The Balaban J connectivity index is 2.55. The number of aromatic nitrogens is 2. The van der Waals surface area contributed by atoms with Gasteiger partial charge in [-0.3, -0.25) is 0 Å². The summed E-state index contributed by atoms with van der Waals surface area (Å²) < 4.78 is 24.5. The summed E-state index contributed by atoms with van der Waals surface area (Å²) >= 11 is 5.07. The number of rotatable bonds is 4. The summed E-state index contributed by atoms with van der Waals surface area (Å²) in [6.07, 6.45) is 0. The standard InChI is InChI=1S/C13H13FN2O2S/c1-17-7-11-15-9(6-12(19)16-11)8-4-3-5-10(18-2)13(8)14/h3-6H,7H2,1-2H3,(H,15,16,19). The highest BCUT2D eigenvalue weighted by Gasteiger charge is 2.11. The number of aromatic amines is 1. The van der Waals surface area contributed by atoms with Crippen LogP contribution in [0, 0.1) is 10.5 Å². The predicted octanol–water partition coefficient (Wildman–Crippen LogP) is 3.10. The SMILES string of the molecule is COCc1nc(=S)cc(-c2cccc(OC)c2F)[nH]1. The molecule has 0 aliphatic heterocycles. The van der Waals surface area contributed by atoms with Crippen LogP contribution in [0.4, 0.5) is 4.39 Å². The maximum atomic E-state index is 14.2. The Kier molecular flexibility index (Phi) is 4.24. The fraction of sp³-hybridized carbons (Fsp3) is 0.231. The third-order valence-corrected chi connectivity index (χ3v) is 2.76. The van der Waals surface area contributed by atoms with Gasteiger partial charge in [-0.15, -0.1) is 0 Å². The molecule has 0 unspecified atom stereocenters. The molecule has 0 radical (unpaired) electrons. The Morgan fingerprint density at radius 3 is 2.84 bits per heavy atom. The van der Waals surface area contributed by atoms with E-state index >= 15 is 0 Å². The van der Waals surface area contributed by atoms with Gasteiger partial charge in [-0.2, -0.15) is 0 Å². The molecule has 1 heterocycles. The topological polar surface area (TPSA) is 47.1 Å². The molecule has 1 aromatic carbocycles. The second-order valence-electron chi connectivity index (χ2n) is 3.83. The van der Waals surface area contributed by atoms with Gasteiger partial charge in [-0.1, -0.05) is 18.3 Å². The summed E-state index contributed by atoms with van der Waals surface area (Å²) in [5, 5.41) is 0. The number of nitrogens with one attached hydrogen (secondary N) is 1. The summed E-state index contributed by atoms with van der Waals surface area (Å²) in [5.41, 5.74) is 0.925. The monoisotopic (exact) mass is 280 g/mol. The lowest BCUT2D eigenvalue weighted by atomic mass is 10.1. The Morgan fingerprint density at radius 2 is 2.16 bits per heavy atom. The first-order valence-corrected chi connectivity index (χ1v) is 5.98. The van der Waals surface area contributed by atoms with Crippen LogP contribution >= 0.6 is 12.2 Å². The maximum Gasteiger partial charge on any atom is 0.174 e. The average molecular weight is 280 g/mol. The van der Waals surface area contributed by atoms with Crippen LogP contribution in [-0.2, 0) is 11.3 Å². The molecule has 0 saturated heterocycles. The lowest BCUT2D eigenvalue weighted by molar-refractivity contribution is 0.177. The summed E-state index contributed by atoms with van der Waals surface area (Å²) in [4.78, 5) is 7.10. The van der Waals surface area contributed by atoms with Gasteiger partial charge >= 0.3 is 0 Å². The molecule has 0 amide bonds. The van der Waals surface area contributed by atoms with Crippen LogP contribution in [0.25, 0.3) is 11.3 Å². The zero-order valence-corrected chi connectivity index (χ0v) is 11.4. The minimum atomic E-state index is -0.440. The molecule has 0 bridgehead atoms. The number of nitrogens with zero attached hydrogens (tertiary/aromatic N) is 1. The second-order valence-corrected chi connectivity index (χ2v) is 4.25. The third kappa shape index (κ3) is 2.97. The summed E-state index contributed by atoms with van der Waals surface area (Å²) in [7, 11) is 2.98. The Morgan fingerprint density at radius 1 is 1.37 bits per heavy atom. The lowest BCUT2D eigenvalue weighted by Crippen LogP contribution is -2.00. The van der Waals surface area contributed by atoms with E-state index in [2.05, 4.69) is 9.97 Å². The number of hydrogen-bond donors (Lipinski definition) is 1.